The van der Waals surface area contributed by atoms with E-state index in [9.17, 15) is 0 Å². The van der Waals surface area contributed by atoms with E-state index in [1.807, 2.05) is 0 Å². The average Bonchev–Trinajstić information content (AvgIpc) is 1.85. The van der Waals surface area contributed by atoms with Gasteiger partial charge in [-0.05, 0) is 5.04 Å². The summed E-state index contributed by atoms with van der Waals surface area (Å²) in [6, 6.07) is 0. The van der Waals surface area contributed by atoms with Crippen LogP contribution in [0.3, 0.4) is 0 Å². The molecule has 0 amide bonds. The van der Waals surface area contributed by atoms with E-state index in [4.69, 9.17) is 0 Å². The van der Waals surface area contributed by atoms with Gasteiger partial charge < -0.3 is 0 Å². The Balaban J connectivity index is 2.24. The van der Waals surface area contributed by atoms with Crippen molar-refractivity contribution >= 4 is 9.52 Å². The highest BCUT2D eigenvalue weighted by atomic mass is 28.2. The fraction of sp³-hybridized carbons (Fsp3) is 1.00. The van der Waals surface area contributed by atoms with Gasteiger partial charge in [0.15, 0.2) is 0 Å². The maximum atomic E-state index is 2.42. The molecular formula is C10H22Si. The Morgan fingerprint density at radius 1 is 1.00 bits per heavy atom. The summed E-state index contributed by atoms with van der Waals surface area (Å²) in [5.41, 5.74) is 1.18. The molecule has 1 aliphatic rings. The Morgan fingerprint density at radius 2 is 1.55 bits per heavy atom. The summed E-state index contributed by atoms with van der Waals surface area (Å²) in [6.07, 6.45) is 7.67. The van der Waals surface area contributed by atoms with Crippen molar-refractivity contribution in [3.05, 3.63) is 0 Å². The van der Waals surface area contributed by atoms with Crippen molar-refractivity contribution in [1.82, 2.24) is 0 Å². The van der Waals surface area contributed by atoms with Crippen molar-refractivity contribution in [1.29, 1.82) is 0 Å². The lowest BCUT2D eigenvalue weighted by Gasteiger charge is -2.27. The molecule has 0 aromatic rings. The lowest BCUT2D eigenvalue weighted by atomic mass is 10.0. The SMILES string of the molecule is CC(C)(C)[SiH2]C1CCCCC1. The van der Waals surface area contributed by atoms with Gasteiger partial charge in [0.1, 0.15) is 0 Å². The molecule has 11 heavy (non-hydrogen) atoms. The number of rotatable bonds is 1. The first-order valence-electron chi connectivity index (χ1n) is 5.08. The molecule has 0 radical (unpaired) electrons. The molecule has 0 aromatic carbocycles. The molecule has 1 heteroatoms. The van der Waals surface area contributed by atoms with E-state index in [2.05, 4.69) is 20.8 Å². The zero-order chi connectivity index (χ0) is 8.32. The first-order chi connectivity index (χ1) is 5.08. The highest BCUT2D eigenvalue weighted by Gasteiger charge is 2.20. The van der Waals surface area contributed by atoms with Crippen LogP contribution in [0.25, 0.3) is 0 Å². The quantitative estimate of drug-likeness (QED) is 0.530. The molecule has 0 heterocycles. The highest BCUT2D eigenvalue weighted by Crippen LogP contribution is 2.35. The molecule has 1 saturated carbocycles. The topological polar surface area (TPSA) is 0 Å². The van der Waals surface area contributed by atoms with Gasteiger partial charge in [-0.15, -0.1) is 0 Å². The molecular weight excluding hydrogens is 148 g/mol. The van der Waals surface area contributed by atoms with Crippen LogP contribution in [0.15, 0.2) is 0 Å². The first kappa shape index (κ1) is 9.31. The normalized spacial score (nSPS) is 23.2. The molecule has 66 valence electrons. The van der Waals surface area contributed by atoms with E-state index < -0.39 is 0 Å². The summed E-state index contributed by atoms with van der Waals surface area (Å²) in [5.74, 6) is 0. The molecule has 0 atom stereocenters. The Morgan fingerprint density at radius 3 is 2.00 bits per heavy atom. The molecule has 0 aliphatic heterocycles. The summed E-state index contributed by atoms with van der Waals surface area (Å²) in [6.45, 7) is 7.27. The van der Waals surface area contributed by atoms with Crippen LogP contribution < -0.4 is 0 Å². The third kappa shape index (κ3) is 3.95. The van der Waals surface area contributed by atoms with Crippen LogP contribution in [0.2, 0.25) is 10.6 Å². The summed E-state index contributed by atoms with van der Waals surface area (Å²) < 4.78 is 0. The van der Waals surface area contributed by atoms with E-state index in [0.717, 1.165) is 0 Å². The molecule has 1 rings (SSSR count). The lowest BCUT2D eigenvalue weighted by Crippen LogP contribution is -2.17. The van der Waals surface area contributed by atoms with Gasteiger partial charge in [-0.3, -0.25) is 0 Å². The van der Waals surface area contributed by atoms with E-state index >= 15 is 0 Å². The van der Waals surface area contributed by atoms with Crippen LogP contribution in [0.1, 0.15) is 52.9 Å². The summed E-state index contributed by atoms with van der Waals surface area (Å²) in [4.78, 5) is 0. The van der Waals surface area contributed by atoms with Crippen molar-refractivity contribution in [2.45, 2.75) is 63.5 Å². The molecule has 0 N–H and O–H groups in total. The second kappa shape index (κ2) is 3.75. The second-order valence-electron chi connectivity index (χ2n) is 5.27. The maximum Gasteiger partial charge on any atom is 0.0292 e. The van der Waals surface area contributed by atoms with E-state index in [1.54, 1.807) is 12.8 Å². The van der Waals surface area contributed by atoms with Crippen LogP contribution in [-0.2, 0) is 0 Å². The molecule has 0 spiro atoms. The van der Waals surface area contributed by atoms with Gasteiger partial charge in [0.05, 0.1) is 0 Å². The summed E-state index contributed by atoms with van der Waals surface area (Å²) in [5, 5.41) is 0.696. The zero-order valence-electron chi connectivity index (χ0n) is 8.32. The van der Waals surface area contributed by atoms with Crippen LogP contribution in [0.4, 0.5) is 0 Å². The third-order valence-electron chi connectivity index (χ3n) is 2.63. The van der Waals surface area contributed by atoms with Gasteiger partial charge in [-0.2, -0.15) is 0 Å². The van der Waals surface area contributed by atoms with Crippen LogP contribution in [-0.4, -0.2) is 9.52 Å². The molecule has 0 aromatic heterocycles. The van der Waals surface area contributed by atoms with Gasteiger partial charge in [0.2, 0.25) is 0 Å². The summed E-state index contributed by atoms with van der Waals surface area (Å²) >= 11 is 0. The molecule has 1 aliphatic carbocycles. The largest absolute Gasteiger partial charge is 0.0631 e. The van der Waals surface area contributed by atoms with Crippen molar-refractivity contribution < 1.29 is 0 Å². The van der Waals surface area contributed by atoms with Crippen LogP contribution in [0.5, 0.6) is 0 Å². The fourth-order valence-corrected chi connectivity index (χ4v) is 4.97. The molecule has 0 bridgehead atoms. The van der Waals surface area contributed by atoms with Gasteiger partial charge in [-0.25, -0.2) is 0 Å². The third-order valence-corrected chi connectivity index (χ3v) is 5.24. The fourth-order valence-electron chi connectivity index (χ4n) is 2.26. The summed E-state index contributed by atoms with van der Waals surface area (Å²) in [7, 11) is 0.204. The predicted molar refractivity (Wildman–Crippen MR) is 55.1 cm³/mol. The van der Waals surface area contributed by atoms with E-state index in [1.165, 1.54) is 24.8 Å². The maximum absolute atomic E-state index is 2.42. The van der Waals surface area contributed by atoms with Crippen LogP contribution in [0, 0.1) is 0 Å². The van der Waals surface area contributed by atoms with Gasteiger partial charge >= 0.3 is 0 Å². The minimum Gasteiger partial charge on any atom is -0.0631 e. The Labute approximate surface area is 73.6 Å². The van der Waals surface area contributed by atoms with Crippen molar-refractivity contribution in [3.8, 4) is 0 Å². The molecule has 1 fully saturated rings. The van der Waals surface area contributed by atoms with Crippen molar-refractivity contribution in [3.63, 3.8) is 0 Å². The lowest BCUT2D eigenvalue weighted by molar-refractivity contribution is 0.492. The van der Waals surface area contributed by atoms with Gasteiger partial charge in [0, 0.05) is 9.52 Å². The van der Waals surface area contributed by atoms with Gasteiger partial charge in [-0.1, -0.05) is 58.4 Å². The Bertz CT molecular complexity index is 107. The van der Waals surface area contributed by atoms with E-state index in [0.29, 0.717) is 5.04 Å². The van der Waals surface area contributed by atoms with Crippen molar-refractivity contribution in [2.24, 2.45) is 0 Å². The molecule has 0 nitrogen and oxygen atoms in total. The Kier molecular flexibility index (Phi) is 3.17. The minimum absolute atomic E-state index is 0.204. The standard InChI is InChI=1S/C10H22Si/c1-10(2,3)11-9-7-5-4-6-8-9/h9H,4-8,11H2,1-3H3. The van der Waals surface area contributed by atoms with Crippen molar-refractivity contribution in [2.75, 3.05) is 0 Å². The highest BCUT2D eigenvalue weighted by molar-refractivity contribution is 6.41. The zero-order valence-corrected chi connectivity index (χ0v) is 9.73. The number of hydrogen-bond acceptors (Lipinski definition) is 0. The molecule has 0 saturated heterocycles. The predicted octanol–water partition coefficient (Wildman–Crippen LogP) is 3.13. The van der Waals surface area contributed by atoms with E-state index in [-0.39, 0.29) is 9.52 Å². The smallest absolute Gasteiger partial charge is 0.0292 e. The van der Waals surface area contributed by atoms with Crippen LogP contribution >= 0.6 is 0 Å². The number of hydrogen-bond donors (Lipinski definition) is 0. The molecule has 0 unspecified atom stereocenters. The second-order valence-corrected chi connectivity index (χ2v) is 8.95. The Hall–Kier alpha value is 0.217. The monoisotopic (exact) mass is 170 g/mol. The first-order valence-corrected chi connectivity index (χ1v) is 6.60. The van der Waals surface area contributed by atoms with Gasteiger partial charge in [0.25, 0.3) is 0 Å². The minimum atomic E-state index is 0.204. The average molecular weight is 170 g/mol.